The minimum atomic E-state index is 0.505. The number of aryl methyl sites for hydroxylation is 1. The summed E-state index contributed by atoms with van der Waals surface area (Å²) in [6.45, 7) is 4.89. The van der Waals surface area contributed by atoms with E-state index in [-0.39, 0.29) is 0 Å². The highest BCUT2D eigenvalue weighted by Crippen LogP contribution is 2.32. The van der Waals surface area contributed by atoms with E-state index in [0.29, 0.717) is 18.4 Å². The summed E-state index contributed by atoms with van der Waals surface area (Å²) in [7, 11) is 0. The minimum absolute atomic E-state index is 0.505. The second-order valence-corrected chi connectivity index (χ2v) is 7.12. The van der Waals surface area contributed by atoms with Crippen molar-refractivity contribution in [2.24, 2.45) is 5.92 Å². The zero-order valence-corrected chi connectivity index (χ0v) is 14.5. The number of nitrogens with zero attached hydrogens (tertiary/aromatic N) is 4. The number of hydrogen-bond donors (Lipinski definition) is 0. The quantitative estimate of drug-likeness (QED) is 0.711. The lowest BCUT2D eigenvalue weighted by atomic mass is 10.1. The van der Waals surface area contributed by atoms with Gasteiger partial charge in [0.05, 0.1) is 23.0 Å². The van der Waals surface area contributed by atoms with Crippen molar-refractivity contribution >= 4 is 26.7 Å². The van der Waals surface area contributed by atoms with E-state index in [2.05, 4.69) is 40.0 Å². The summed E-state index contributed by atoms with van der Waals surface area (Å²) in [4.78, 5) is 15.4. The van der Waals surface area contributed by atoms with Crippen LogP contribution in [0.4, 0.5) is 5.13 Å². The van der Waals surface area contributed by atoms with Gasteiger partial charge in [0.2, 0.25) is 5.88 Å². The van der Waals surface area contributed by atoms with Gasteiger partial charge >= 0.3 is 0 Å². The van der Waals surface area contributed by atoms with Gasteiger partial charge in [0.15, 0.2) is 5.13 Å². The molecule has 124 valence electrons. The maximum Gasteiger partial charge on any atom is 0.232 e. The standard InChI is InChI=1S/C18H20N4OS/c1-2-13-3-4-15-16(9-13)24-18(21-15)22-8-5-14(11-22)12-23-17-10-19-6-7-20-17/h3-4,6-7,9-10,14H,2,5,8,11-12H2,1H3. The fraction of sp³-hybridized carbons (Fsp3) is 0.389. The summed E-state index contributed by atoms with van der Waals surface area (Å²) >= 11 is 1.79. The van der Waals surface area contributed by atoms with Crippen LogP contribution in [0.15, 0.2) is 36.8 Å². The van der Waals surface area contributed by atoms with Crippen molar-refractivity contribution < 1.29 is 4.74 Å². The molecule has 24 heavy (non-hydrogen) atoms. The topological polar surface area (TPSA) is 51.1 Å². The molecule has 6 heteroatoms. The van der Waals surface area contributed by atoms with Crippen LogP contribution in [0.2, 0.25) is 0 Å². The Kier molecular flexibility index (Phi) is 4.30. The molecule has 4 rings (SSSR count). The number of aromatic nitrogens is 3. The second-order valence-electron chi connectivity index (χ2n) is 6.11. The average molecular weight is 340 g/mol. The predicted octanol–water partition coefficient (Wildman–Crippen LogP) is 3.55. The van der Waals surface area contributed by atoms with E-state index >= 15 is 0 Å². The number of rotatable bonds is 5. The fourth-order valence-electron chi connectivity index (χ4n) is 3.02. The number of ether oxygens (including phenoxy) is 1. The van der Waals surface area contributed by atoms with Gasteiger partial charge in [0.25, 0.3) is 0 Å². The summed E-state index contributed by atoms with van der Waals surface area (Å²) in [5.74, 6) is 1.10. The van der Waals surface area contributed by atoms with Crippen molar-refractivity contribution in [3.8, 4) is 5.88 Å². The zero-order valence-electron chi connectivity index (χ0n) is 13.7. The molecule has 1 aliphatic heterocycles. The third-order valence-electron chi connectivity index (χ3n) is 4.41. The summed E-state index contributed by atoms with van der Waals surface area (Å²) in [5.41, 5.74) is 2.47. The minimum Gasteiger partial charge on any atom is -0.476 e. The van der Waals surface area contributed by atoms with Crippen molar-refractivity contribution in [3.63, 3.8) is 0 Å². The maximum absolute atomic E-state index is 5.75. The van der Waals surface area contributed by atoms with Gasteiger partial charge in [-0.25, -0.2) is 9.97 Å². The van der Waals surface area contributed by atoms with E-state index in [1.165, 1.54) is 10.3 Å². The van der Waals surface area contributed by atoms with Crippen LogP contribution in [-0.4, -0.2) is 34.6 Å². The van der Waals surface area contributed by atoms with Crippen molar-refractivity contribution in [2.45, 2.75) is 19.8 Å². The van der Waals surface area contributed by atoms with Crippen molar-refractivity contribution in [1.82, 2.24) is 15.0 Å². The largest absolute Gasteiger partial charge is 0.476 e. The molecule has 0 spiro atoms. The molecule has 0 amide bonds. The highest BCUT2D eigenvalue weighted by atomic mass is 32.1. The highest BCUT2D eigenvalue weighted by molar-refractivity contribution is 7.22. The smallest absolute Gasteiger partial charge is 0.232 e. The number of benzene rings is 1. The van der Waals surface area contributed by atoms with Crippen LogP contribution in [0.5, 0.6) is 5.88 Å². The first-order valence-corrected chi connectivity index (χ1v) is 9.16. The van der Waals surface area contributed by atoms with Gasteiger partial charge in [-0.3, -0.25) is 4.98 Å². The van der Waals surface area contributed by atoms with Crippen LogP contribution in [-0.2, 0) is 6.42 Å². The summed E-state index contributed by atoms with van der Waals surface area (Å²) in [6.07, 6.45) is 7.15. The molecule has 3 aromatic rings. The Bertz CT molecular complexity index is 820. The van der Waals surface area contributed by atoms with Gasteiger partial charge in [-0.1, -0.05) is 24.3 Å². The number of fused-ring (bicyclic) bond motifs is 1. The van der Waals surface area contributed by atoms with Gasteiger partial charge in [0, 0.05) is 31.4 Å². The number of hydrogen-bond acceptors (Lipinski definition) is 6. The molecule has 1 saturated heterocycles. The average Bonchev–Trinajstić information content (AvgIpc) is 3.26. The molecular formula is C18H20N4OS. The van der Waals surface area contributed by atoms with Crippen LogP contribution >= 0.6 is 11.3 Å². The summed E-state index contributed by atoms with van der Waals surface area (Å²) < 4.78 is 7.03. The Balaban J connectivity index is 1.41. The van der Waals surface area contributed by atoms with Crippen molar-refractivity contribution in [3.05, 3.63) is 42.4 Å². The van der Waals surface area contributed by atoms with Crippen molar-refractivity contribution in [1.29, 1.82) is 0 Å². The molecule has 0 bridgehead atoms. The summed E-state index contributed by atoms with van der Waals surface area (Å²) in [6, 6.07) is 6.58. The zero-order chi connectivity index (χ0) is 16.4. The Morgan fingerprint density at radius 1 is 1.33 bits per heavy atom. The normalized spacial score (nSPS) is 17.5. The molecule has 1 fully saturated rings. The fourth-order valence-corrected chi connectivity index (χ4v) is 4.08. The first-order valence-electron chi connectivity index (χ1n) is 8.35. The van der Waals surface area contributed by atoms with E-state index in [0.717, 1.165) is 36.6 Å². The first-order chi connectivity index (χ1) is 11.8. The predicted molar refractivity (Wildman–Crippen MR) is 96.8 cm³/mol. The van der Waals surface area contributed by atoms with Gasteiger partial charge in [0.1, 0.15) is 0 Å². The molecule has 1 atom stereocenters. The SMILES string of the molecule is CCc1ccc2nc(N3CCC(COc4cnccn4)C3)sc2c1. The van der Waals surface area contributed by atoms with Crippen LogP contribution in [0.25, 0.3) is 10.2 Å². The lowest BCUT2D eigenvalue weighted by molar-refractivity contribution is 0.251. The molecule has 0 N–H and O–H groups in total. The van der Waals surface area contributed by atoms with E-state index < -0.39 is 0 Å². The Morgan fingerprint density at radius 3 is 3.12 bits per heavy atom. The third kappa shape index (κ3) is 3.19. The molecule has 1 aromatic carbocycles. The van der Waals surface area contributed by atoms with E-state index in [1.807, 2.05) is 0 Å². The summed E-state index contributed by atoms with van der Waals surface area (Å²) in [5, 5.41) is 1.13. The van der Waals surface area contributed by atoms with E-state index in [9.17, 15) is 0 Å². The molecular weight excluding hydrogens is 320 g/mol. The van der Waals surface area contributed by atoms with Crippen LogP contribution in [0, 0.1) is 5.92 Å². The lowest BCUT2D eigenvalue weighted by Gasteiger charge is -2.15. The monoisotopic (exact) mass is 340 g/mol. The van der Waals surface area contributed by atoms with E-state index in [1.54, 1.807) is 29.9 Å². The number of anilines is 1. The number of thiazole rings is 1. The molecule has 3 heterocycles. The third-order valence-corrected chi connectivity index (χ3v) is 5.49. The second kappa shape index (κ2) is 6.73. The van der Waals surface area contributed by atoms with Crippen molar-refractivity contribution in [2.75, 3.05) is 24.6 Å². The van der Waals surface area contributed by atoms with Crippen LogP contribution in [0.1, 0.15) is 18.9 Å². The lowest BCUT2D eigenvalue weighted by Crippen LogP contribution is -2.21. The highest BCUT2D eigenvalue weighted by Gasteiger charge is 2.25. The van der Waals surface area contributed by atoms with Gasteiger partial charge in [-0.05, 0) is 30.5 Å². The van der Waals surface area contributed by atoms with Crippen LogP contribution < -0.4 is 9.64 Å². The van der Waals surface area contributed by atoms with E-state index in [4.69, 9.17) is 9.72 Å². The first kappa shape index (κ1) is 15.3. The molecule has 0 aliphatic carbocycles. The Morgan fingerprint density at radius 2 is 2.29 bits per heavy atom. The van der Waals surface area contributed by atoms with Gasteiger partial charge < -0.3 is 9.64 Å². The molecule has 1 unspecified atom stereocenters. The molecule has 2 aromatic heterocycles. The van der Waals surface area contributed by atoms with Crippen LogP contribution in [0.3, 0.4) is 0 Å². The molecule has 1 aliphatic rings. The maximum atomic E-state index is 5.75. The molecule has 5 nitrogen and oxygen atoms in total. The van der Waals surface area contributed by atoms with Gasteiger partial charge in [-0.2, -0.15) is 0 Å². The molecule has 0 radical (unpaired) electrons. The Hall–Kier alpha value is -2.21. The van der Waals surface area contributed by atoms with Gasteiger partial charge in [-0.15, -0.1) is 0 Å². The molecule has 0 saturated carbocycles. The Labute approximate surface area is 145 Å².